The summed E-state index contributed by atoms with van der Waals surface area (Å²) in [7, 11) is 0. The minimum atomic E-state index is 0.549. The Balaban J connectivity index is 2.26. The molecule has 0 aliphatic carbocycles. The van der Waals surface area contributed by atoms with Crippen LogP contribution in [-0.2, 0) is 6.54 Å². The maximum absolute atomic E-state index is 5.84. The van der Waals surface area contributed by atoms with Gasteiger partial charge in [-0.25, -0.2) is 0 Å². The first-order valence-electron chi connectivity index (χ1n) is 6.14. The van der Waals surface area contributed by atoms with Crippen LogP contribution in [0.1, 0.15) is 25.0 Å². The van der Waals surface area contributed by atoms with Gasteiger partial charge in [0.1, 0.15) is 0 Å². The first-order valence-corrected chi connectivity index (χ1v) is 6.68. The number of fused-ring (bicyclic) bond motifs is 1. The van der Waals surface area contributed by atoms with E-state index in [4.69, 9.17) is 11.6 Å². The first-order chi connectivity index (χ1) is 8.28. The van der Waals surface area contributed by atoms with Crippen LogP contribution in [0.3, 0.4) is 0 Å². The van der Waals surface area contributed by atoms with Crippen LogP contribution < -0.4 is 4.90 Å². The van der Waals surface area contributed by atoms with Gasteiger partial charge in [-0.05, 0) is 43.2 Å². The molecule has 0 amide bonds. The van der Waals surface area contributed by atoms with Crippen LogP contribution >= 0.6 is 11.6 Å². The van der Waals surface area contributed by atoms with E-state index < -0.39 is 0 Å². The first kappa shape index (κ1) is 12.3. The van der Waals surface area contributed by atoms with Gasteiger partial charge in [0.2, 0.25) is 0 Å². The summed E-state index contributed by atoms with van der Waals surface area (Å²) >= 11 is 5.84. The van der Waals surface area contributed by atoms with Crippen LogP contribution in [0, 0.1) is 0 Å². The molecule has 3 heteroatoms. The lowest BCUT2D eigenvalue weighted by Gasteiger charge is -2.26. The fourth-order valence-corrected chi connectivity index (χ4v) is 2.37. The molecule has 0 bridgehead atoms. The Morgan fingerprint density at radius 1 is 1.29 bits per heavy atom. The van der Waals surface area contributed by atoms with E-state index in [1.807, 2.05) is 0 Å². The van der Waals surface area contributed by atoms with E-state index in [1.165, 1.54) is 16.8 Å². The third-order valence-electron chi connectivity index (χ3n) is 3.25. The summed E-state index contributed by atoms with van der Waals surface area (Å²) in [6.07, 6.45) is 4.22. The Kier molecular flexibility index (Phi) is 3.95. The molecule has 1 aliphatic heterocycles. The van der Waals surface area contributed by atoms with Crippen molar-refractivity contribution in [1.82, 2.24) is 4.90 Å². The van der Waals surface area contributed by atoms with Gasteiger partial charge in [-0.2, -0.15) is 0 Å². The van der Waals surface area contributed by atoms with Crippen LogP contribution in [-0.4, -0.2) is 24.0 Å². The molecule has 1 aliphatic rings. The summed E-state index contributed by atoms with van der Waals surface area (Å²) in [5.41, 5.74) is 3.97. The Morgan fingerprint density at radius 2 is 2.06 bits per heavy atom. The Labute approximate surface area is 108 Å². The number of anilines is 1. The number of hydrogen-bond acceptors (Lipinski definition) is 2. The fraction of sp³-hybridized carbons (Fsp3) is 0.429. The van der Waals surface area contributed by atoms with E-state index >= 15 is 0 Å². The number of hydrogen-bond donors (Lipinski definition) is 0. The lowest BCUT2D eigenvalue weighted by Crippen LogP contribution is -2.23. The average Bonchev–Trinajstić information content (AvgIpc) is 2.39. The van der Waals surface area contributed by atoms with E-state index in [-0.39, 0.29) is 0 Å². The monoisotopic (exact) mass is 250 g/mol. The second-order valence-electron chi connectivity index (χ2n) is 4.24. The molecule has 2 nitrogen and oxygen atoms in total. The van der Waals surface area contributed by atoms with Gasteiger partial charge in [0.15, 0.2) is 0 Å². The molecular formula is C14H19ClN2. The highest BCUT2D eigenvalue weighted by molar-refractivity contribution is 6.17. The van der Waals surface area contributed by atoms with Gasteiger partial charge in [0.05, 0.1) is 6.00 Å². The quantitative estimate of drug-likeness (QED) is 0.596. The van der Waals surface area contributed by atoms with E-state index in [1.54, 1.807) is 0 Å². The largest absolute Gasteiger partial charge is 0.372 e. The van der Waals surface area contributed by atoms with Crippen molar-refractivity contribution in [2.24, 2.45) is 0 Å². The summed E-state index contributed by atoms with van der Waals surface area (Å²) in [5.74, 6) is 0. The maximum atomic E-state index is 5.84. The Morgan fingerprint density at radius 3 is 2.71 bits per heavy atom. The molecule has 0 saturated carbocycles. The molecule has 17 heavy (non-hydrogen) atoms. The van der Waals surface area contributed by atoms with E-state index in [9.17, 15) is 0 Å². The van der Waals surface area contributed by atoms with Crippen molar-refractivity contribution in [3.8, 4) is 0 Å². The van der Waals surface area contributed by atoms with Crippen LogP contribution in [0.4, 0.5) is 5.69 Å². The molecule has 0 N–H and O–H groups in total. The molecule has 0 unspecified atom stereocenters. The zero-order valence-electron chi connectivity index (χ0n) is 10.5. The molecule has 1 aromatic carbocycles. The molecule has 0 spiro atoms. The van der Waals surface area contributed by atoms with Crippen molar-refractivity contribution in [1.29, 1.82) is 0 Å². The average molecular weight is 251 g/mol. The van der Waals surface area contributed by atoms with Gasteiger partial charge in [0.25, 0.3) is 0 Å². The zero-order valence-corrected chi connectivity index (χ0v) is 11.2. The van der Waals surface area contributed by atoms with Crippen LogP contribution in [0.5, 0.6) is 0 Å². The highest BCUT2D eigenvalue weighted by atomic mass is 35.5. The highest BCUT2D eigenvalue weighted by Gasteiger charge is 2.11. The molecule has 1 heterocycles. The molecule has 92 valence electrons. The minimum absolute atomic E-state index is 0.549. The predicted octanol–water partition coefficient (Wildman–Crippen LogP) is 3.52. The van der Waals surface area contributed by atoms with Crippen molar-refractivity contribution >= 4 is 23.4 Å². The van der Waals surface area contributed by atoms with E-state index in [0.29, 0.717) is 6.00 Å². The van der Waals surface area contributed by atoms with E-state index in [2.05, 4.69) is 54.1 Å². The van der Waals surface area contributed by atoms with E-state index in [0.717, 1.165) is 19.6 Å². The number of rotatable bonds is 4. The lowest BCUT2D eigenvalue weighted by molar-refractivity contribution is 0.427. The minimum Gasteiger partial charge on any atom is -0.372 e. The number of halogens is 1. The molecule has 0 radical (unpaired) electrons. The van der Waals surface area contributed by atoms with Gasteiger partial charge in [-0.1, -0.05) is 6.07 Å². The summed E-state index contributed by atoms with van der Waals surface area (Å²) in [6.45, 7) is 7.38. The summed E-state index contributed by atoms with van der Waals surface area (Å²) < 4.78 is 0. The SMILES string of the molecule is CCN(CC)c1ccc2c(c1)C=CN(CCl)C2. The molecule has 0 saturated heterocycles. The summed E-state index contributed by atoms with van der Waals surface area (Å²) in [4.78, 5) is 4.46. The maximum Gasteiger partial charge on any atom is 0.0926 e. The van der Waals surface area contributed by atoms with Crippen LogP contribution in [0.25, 0.3) is 6.08 Å². The van der Waals surface area contributed by atoms with Crippen molar-refractivity contribution < 1.29 is 0 Å². The fourth-order valence-electron chi connectivity index (χ4n) is 2.21. The summed E-state index contributed by atoms with van der Waals surface area (Å²) in [5, 5.41) is 0. The van der Waals surface area contributed by atoms with Crippen molar-refractivity contribution in [3.63, 3.8) is 0 Å². The van der Waals surface area contributed by atoms with Crippen LogP contribution in [0.2, 0.25) is 0 Å². The predicted molar refractivity (Wildman–Crippen MR) is 75.3 cm³/mol. The lowest BCUT2D eigenvalue weighted by atomic mass is 10.0. The second-order valence-corrected chi connectivity index (χ2v) is 4.48. The van der Waals surface area contributed by atoms with Gasteiger partial charge in [-0.15, -0.1) is 11.6 Å². The highest BCUT2D eigenvalue weighted by Crippen LogP contribution is 2.25. The molecular weight excluding hydrogens is 232 g/mol. The topological polar surface area (TPSA) is 6.48 Å². The second kappa shape index (κ2) is 5.46. The standard InChI is InChI=1S/C14H19ClN2/c1-3-17(4-2)14-6-5-13-10-16(11-15)8-7-12(13)9-14/h5-9H,3-4,10-11H2,1-2H3. The third-order valence-corrected chi connectivity index (χ3v) is 3.56. The number of benzene rings is 1. The van der Waals surface area contributed by atoms with Crippen molar-refractivity contribution in [3.05, 3.63) is 35.5 Å². The van der Waals surface area contributed by atoms with Gasteiger partial charge >= 0.3 is 0 Å². The smallest absolute Gasteiger partial charge is 0.0926 e. The number of alkyl halides is 1. The number of nitrogens with zero attached hydrogens (tertiary/aromatic N) is 2. The normalized spacial score (nSPS) is 13.7. The Hall–Kier alpha value is -1.15. The molecule has 2 rings (SSSR count). The van der Waals surface area contributed by atoms with Crippen molar-refractivity contribution in [2.75, 3.05) is 24.0 Å². The van der Waals surface area contributed by atoms with Crippen LogP contribution in [0.15, 0.2) is 24.4 Å². The van der Waals surface area contributed by atoms with Gasteiger partial charge in [-0.3, -0.25) is 0 Å². The molecule has 1 aromatic rings. The molecule has 0 aromatic heterocycles. The molecule has 0 atom stereocenters. The Bertz CT molecular complexity index is 411. The van der Waals surface area contributed by atoms with Crippen molar-refractivity contribution in [2.45, 2.75) is 20.4 Å². The van der Waals surface area contributed by atoms with Gasteiger partial charge in [0, 0.05) is 31.5 Å². The third kappa shape index (κ3) is 2.58. The van der Waals surface area contributed by atoms with Gasteiger partial charge < -0.3 is 9.80 Å². The zero-order chi connectivity index (χ0) is 12.3. The summed E-state index contributed by atoms with van der Waals surface area (Å²) in [6, 6.07) is 7.24. The molecule has 0 fully saturated rings.